The van der Waals surface area contributed by atoms with Gasteiger partial charge in [-0.15, -0.1) is 11.3 Å². The molecule has 0 amide bonds. The molecule has 2 nitrogen and oxygen atoms in total. The highest BCUT2D eigenvalue weighted by Crippen LogP contribution is 2.45. The molecule has 0 aliphatic carbocycles. The van der Waals surface area contributed by atoms with Crippen molar-refractivity contribution < 1.29 is 0 Å². The molecule has 0 spiro atoms. The number of nitrogens with zero attached hydrogens (tertiary/aromatic N) is 1. The summed E-state index contributed by atoms with van der Waals surface area (Å²) in [5.74, 6) is 0. The zero-order valence-corrected chi connectivity index (χ0v) is 30.9. The van der Waals surface area contributed by atoms with Gasteiger partial charge in [0, 0.05) is 42.8 Å². The summed E-state index contributed by atoms with van der Waals surface area (Å²) in [6.45, 7) is 0. The smallest absolute Gasteiger partial charge is 0.0540 e. The highest BCUT2D eigenvalue weighted by atomic mass is 32.1. The fourth-order valence-corrected chi connectivity index (χ4v) is 8.82. The van der Waals surface area contributed by atoms with Crippen LogP contribution in [-0.4, -0.2) is 4.98 Å². The molecule has 0 saturated heterocycles. The molecule has 1 N–H and O–H groups in total. The van der Waals surface area contributed by atoms with Gasteiger partial charge in [0.2, 0.25) is 0 Å². The van der Waals surface area contributed by atoms with Gasteiger partial charge in [0.25, 0.3) is 0 Å². The second-order valence-corrected chi connectivity index (χ2v) is 15.0. The predicted octanol–water partition coefficient (Wildman–Crippen LogP) is 15.3. The number of hydrogen-bond acceptors (Lipinski definition) is 2. The van der Waals surface area contributed by atoms with Gasteiger partial charge in [-0.05, 0) is 111 Å². The summed E-state index contributed by atoms with van der Waals surface area (Å²) in [5, 5.41) is 4.83. The van der Waals surface area contributed by atoms with Gasteiger partial charge in [0.1, 0.15) is 0 Å². The lowest BCUT2D eigenvalue weighted by Gasteiger charge is -2.29. The Labute approximate surface area is 324 Å². The average molecular weight is 721 g/mol. The quantitative estimate of drug-likeness (QED) is 0.181. The van der Waals surface area contributed by atoms with E-state index in [2.05, 4.69) is 222 Å². The monoisotopic (exact) mass is 720 g/mol. The van der Waals surface area contributed by atoms with Crippen LogP contribution in [0, 0.1) is 0 Å². The normalized spacial score (nSPS) is 11.3. The van der Waals surface area contributed by atoms with Crippen LogP contribution < -0.4 is 4.90 Å². The highest BCUT2D eigenvalue weighted by Gasteiger charge is 2.20. The first-order chi connectivity index (χ1) is 27.2. The Morgan fingerprint density at radius 2 is 0.927 bits per heavy atom. The van der Waals surface area contributed by atoms with Crippen molar-refractivity contribution in [2.45, 2.75) is 0 Å². The second-order valence-electron chi connectivity index (χ2n) is 13.9. The van der Waals surface area contributed by atoms with Crippen molar-refractivity contribution in [3.05, 3.63) is 212 Å². The van der Waals surface area contributed by atoms with Crippen LogP contribution in [0.3, 0.4) is 0 Å². The van der Waals surface area contributed by atoms with Crippen LogP contribution in [0.2, 0.25) is 0 Å². The van der Waals surface area contributed by atoms with E-state index >= 15 is 0 Å². The van der Waals surface area contributed by atoms with Crippen molar-refractivity contribution >= 4 is 70.4 Å². The van der Waals surface area contributed by atoms with Crippen molar-refractivity contribution in [1.29, 1.82) is 0 Å². The molecule has 0 unspecified atom stereocenters. The van der Waals surface area contributed by atoms with Crippen molar-refractivity contribution in [3.63, 3.8) is 0 Å². The van der Waals surface area contributed by atoms with Gasteiger partial charge in [0.15, 0.2) is 0 Å². The molecular weight excluding hydrogens is 685 g/mol. The maximum Gasteiger partial charge on any atom is 0.0540 e. The van der Waals surface area contributed by atoms with E-state index < -0.39 is 0 Å². The third kappa shape index (κ3) is 6.31. The fourth-order valence-electron chi connectivity index (χ4n) is 7.87. The molecule has 10 rings (SSSR count). The van der Waals surface area contributed by atoms with Gasteiger partial charge in [-0.3, -0.25) is 0 Å². The number of H-pyrrole nitrogens is 1. The van der Waals surface area contributed by atoms with E-state index in [4.69, 9.17) is 0 Å². The van der Waals surface area contributed by atoms with E-state index in [1.54, 1.807) is 0 Å². The van der Waals surface area contributed by atoms with Gasteiger partial charge >= 0.3 is 0 Å². The maximum atomic E-state index is 3.73. The Morgan fingerprint density at radius 3 is 1.67 bits per heavy atom. The number of aromatic amines is 1. The van der Waals surface area contributed by atoms with Crippen LogP contribution in [0.5, 0.6) is 0 Å². The van der Waals surface area contributed by atoms with Crippen molar-refractivity contribution in [2.24, 2.45) is 0 Å². The molecule has 0 fully saturated rings. The first-order valence-electron chi connectivity index (χ1n) is 18.7. The molecule has 260 valence electrons. The van der Waals surface area contributed by atoms with Gasteiger partial charge in [-0.1, -0.05) is 146 Å². The summed E-state index contributed by atoms with van der Waals surface area (Å²) >= 11 is 1.81. The lowest BCUT2D eigenvalue weighted by atomic mass is 9.93. The van der Waals surface area contributed by atoms with Gasteiger partial charge in [-0.25, -0.2) is 0 Å². The van der Waals surface area contributed by atoms with E-state index in [-0.39, 0.29) is 0 Å². The number of para-hydroxylation sites is 2. The van der Waals surface area contributed by atoms with E-state index in [1.165, 1.54) is 58.8 Å². The predicted molar refractivity (Wildman–Crippen MR) is 237 cm³/mol. The number of anilines is 3. The zero-order valence-electron chi connectivity index (χ0n) is 30.1. The number of benzene rings is 9. The minimum atomic E-state index is 1.08. The van der Waals surface area contributed by atoms with Crippen LogP contribution in [0.4, 0.5) is 17.1 Å². The molecule has 0 atom stereocenters. The van der Waals surface area contributed by atoms with Crippen LogP contribution in [0.25, 0.3) is 75.4 Å². The Kier molecular flexibility index (Phi) is 8.40. The highest BCUT2D eigenvalue weighted by molar-refractivity contribution is 7.22. The van der Waals surface area contributed by atoms with E-state index in [1.807, 2.05) is 11.3 Å². The summed E-state index contributed by atoms with van der Waals surface area (Å²) in [4.78, 5) is 6.16. The number of hydrogen-bond donors (Lipinski definition) is 1. The van der Waals surface area contributed by atoms with Crippen LogP contribution in [0.15, 0.2) is 212 Å². The largest absolute Gasteiger partial charge is 0.355 e. The lowest BCUT2D eigenvalue weighted by Crippen LogP contribution is -2.11. The number of nitrogens with one attached hydrogen (secondary N) is 1. The Morgan fingerprint density at radius 1 is 0.345 bits per heavy atom. The van der Waals surface area contributed by atoms with E-state index in [0.717, 1.165) is 33.7 Å². The lowest BCUT2D eigenvalue weighted by molar-refractivity contribution is 1.28. The minimum Gasteiger partial charge on any atom is -0.355 e. The molecule has 0 saturated carbocycles. The van der Waals surface area contributed by atoms with Gasteiger partial charge in [0.05, 0.1) is 5.69 Å². The standard InChI is InChI=1S/C52H36N2S/c1-3-15-36(16-4-1)38-19-11-22-41(31-38)54(42-23-12-20-39(32-42)37-17-5-2-6-18-37)52-30-10-8-26-48(52)50-35-44-34-49-45(27-14-28-46(49)50)47-25-7-9-29-51(47)53-40-21-13-24-43(33-40)55-44/h1-35,53H. The summed E-state index contributed by atoms with van der Waals surface area (Å²) < 4.78 is 2.39. The summed E-state index contributed by atoms with van der Waals surface area (Å²) in [7, 11) is 0. The maximum absolute atomic E-state index is 3.73. The average Bonchev–Trinajstić information content (AvgIpc) is 3.26. The molecule has 55 heavy (non-hydrogen) atoms. The van der Waals surface area contributed by atoms with Crippen molar-refractivity contribution in [2.75, 3.05) is 4.90 Å². The zero-order chi connectivity index (χ0) is 36.6. The topological polar surface area (TPSA) is 19.0 Å². The van der Waals surface area contributed by atoms with Gasteiger partial charge < -0.3 is 9.88 Å². The summed E-state index contributed by atoms with van der Waals surface area (Å²) in [6, 6.07) is 76.9. The molecule has 1 heterocycles. The Bertz CT molecular complexity index is 2970. The Hall–Kier alpha value is -6.94. The summed E-state index contributed by atoms with van der Waals surface area (Å²) in [6.07, 6.45) is 0. The van der Waals surface area contributed by atoms with E-state index in [0.29, 0.717) is 0 Å². The summed E-state index contributed by atoms with van der Waals surface area (Å²) in [5.41, 5.74) is 12.6. The minimum absolute atomic E-state index is 1.08. The fraction of sp³-hybridized carbons (Fsp3) is 0. The molecule has 1 aromatic heterocycles. The van der Waals surface area contributed by atoms with Crippen molar-refractivity contribution in [1.82, 2.24) is 4.98 Å². The molecule has 10 aromatic rings. The Balaban J connectivity index is 1.27. The second kappa shape index (κ2) is 14.1. The van der Waals surface area contributed by atoms with Crippen LogP contribution >= 0.6 is 11.3 Å². The van der Waals surface area contributed by atoms with Crippen molar-refractivity contribution in [3.8, 4) is 33.4 Å². The van der Waals surface area contributed by atoms with Crippen LogP contribution in [-0.2, 0) is 0 Å². The molecule has 0 aliphatic heterocycles. The SMILES string of the molecule is c1ccc(-c2cccc(N(c3cccc(-c4ccccc4)c3)c3ccccc3-c3cc4cc5c3cccc5c3ccccc3[nH]c3cccc(c3)s4)c2)cc1. The molecule has 0 radical (unpaired) electrons. The number of rotatable bonds is 6. The first-order valence-corrected chi connectivity index (χ1v) is 19.5. The first kappa shape index (κ1) is 32.7. The third-order valence-corrected chi connectivity index (χ3v) is 11.4. The van der Waals surface area contributed by atoms with E-state index in [9.17, 15) is 0 Å². The molecule has 0 aliphatic rings. The van der Waals surface area contributed by atoms with Crippen LogP contribution in [0.1, 0.15) is 0 Å². The molecule has 9 aromatic carbocycles. The molecular formula is C52H36N2S. The molecule has 3 heteroatoms. The number of aromatic nitrogens is 1. The third-order valence-electron chi connectivity index (χ3n) is 10.4. The molecule has 4 bridgehead atoms. The van der Waals surface area contributed by atoms with Gasteiger partial charge in [-0.2, -0.15) is 0 Å². The number of fused-ring (bicyclic) bond motifs is 5.